The Morgan fingerprint density at radius 2 is 1.68 bits per heavy atom. The Morgan fingerprint density at radius 1 is 1.18 bits per heavy atom. The normalized spacial score (nSPS) is 20.6. The topological polar surface area (TPSA) is 136 Å². The van der Waals surface area contributed by atoms with Crippen LogP contribution in [0.2, 0.25) is 0 Å². The molecule has 1 aromatic carbocycles. The Balaban J connectivity index is 0.000000345. The molecule has 1 atom stereocenters. The van der Waals surface area contributed by atoms with Crippen molar-refractivity contribution in [1.29, 1.82) is 0 Å². The van der Waals surface area contributed by atoms with Crippen molar-refractivity contribution in [2.45, 2.75) is 30.7 Å². The van der Waals surface area contributed by atoms with Crippen molar-refractivity contribution in [2.75, 3.05) is 19.7 Å². The quantitative estimate of drug-likeness (QED) is 0.627. The third-order valence-electron chi connectivity index (χ3n) is 4.47. The molecule has 1 unspecified atom stereocenters. The minimum absolute atomic E-state index is 0.131. The van der Waals surface area contributed by atoms with E-state index in [1.807, 2.05) is 24.3 Å². The summed E-state index contributed by atoms with van der Waals surface area (Å²) in [7, 11) is 0. The number of halogens is 3. The zero-order chi connectivity index (χ0) is 21.1. The monoisotopic (exact) mass is 403 g/mol. The maximum absolute atomic E-state index is 12.8. The number of primary amides is 1. The molecule has 0 saturated carbocycles. The molecular formula is C17H20F3N3O5. The van der Waals surface area contributed by atoms with Gasteiger partial charge in [-0.15, -0.1) is 0 Å². The number of nitrogens with two attached hydrogens (primary N) is 2. The van der Waals surface area contributed by atoms with Gasteiger partial charge in [-0.3, -0.25) is 9.59 Å². The first-order valence-electron chi connectivity index (χ1n) is 8.30. The number of morpholine rings is 1. The molecule has 2 aliphatic rings. The second kappa shape index (κ2) is 8.15. The summed E-state index contributed by atoms with van der Waals surface area (Å²) in [6.45, 7) is 0.934. The van der Waals surface area contributed by atoms with E-state index in [1.165, 1.54) is 0 Å². The van der Waals surface area contributed by atoms with Gasteiger partial charge in [-0.2, -0.15) is 13.2 Å². The lowest BCUT2D eigenvalue weighted by atomic mass is 9.94. The molecule has 2 amide bonds. The Hall–Kier alpha value is -2.66. The largest absolute Gasteiger partial charge is 0.490 e. The molecule has 154 valence electrons. The van der Waals surface area contributed by atoms with Crippen molar-refractivity contribution in [3.05, 3.63) is 35.4 Å². The molecule has 1 aromatic rings. The number of carboxylic acid groups (broad SMARTS) is 1. The number of carboxylic acids is 1. The molecular weight excluding hydrogens is 383 g/mol. The molecule has 0 aromatic heterocycles. The summed E-state index contributed by atoms with van der Waals surface area (Å²) in [5.74, 6) is -3.44. The summed E-state index contributed by atoms with van der Waals surface area (Å²) in [5.41, 5.74) is 12.9. The molecule has 0 radical (unpaired) electrons. The Kier molecular flexibility index (Phi) is 6.30. The maximum Gasteiger partial charge on any atom is 0.490 e. The molecule has 1 fully saturated rings. The first-order chi connectivity index (χ1) is 12.9. The van der Waals surface area contributed by atoms with E-state index < -0.39 is 29.7 Å². The molecule has 3 rings (SSSR count). The second-order valence-corrected chi connectivity index (χ2v) is 6.59. The molecule has 0 bridgehead atoms. The highest BCUT2D eigenvalue weighted by Gasteiger charge is 2.44. The van der Waals surface area contributed by atoms with Crippen molar-refractivity contribution in [3.8, 4) is 0 Å². The number of rotatable bonds is 2. The van der Waals surface area contributed by atoms with Crippen LogP contribution < -0.4 is 11.5 Å². The molecule has 1 aliphatic heterocycles. The lowest BCUT2D eigenvalue weighted by molar-refractivity contribution is -0.192. The highest BCUT2D eigenvalue weighted by molar-refractivity contribution is 5.89. The predicted octanol–water partition coefficient (Wildman–Crippen LogP) is -0.171. The van der Waals surface area contributed by atoms with Crippen LogP contribution in [0.15, 0.2) is 24.3 Å². The lowest BCUT2D eigenvalue weighted by Gasteiger charge is -2.36. The summed E-state index contributed by atoms with van der Waals surface area (Å²) in [4.78, 5) is 34.5. The molecule has 8 nitrogen and oxygen atoms in total. The number of alkyl halides is 3. The van der Waals surface area contributed by atoms with E-state index in [4.69, 9.17) is 26.1 Å². The number of hydrogen-bond donors (Lipinski definition) is 3. The third-order valence-corrected chi connectivity index (χ3v) is 4.47. The van der Waals surface area contributed by atoms with Crippen molar-refractivity contribution in [2.24, 2.45) is 11.5 Å². The lowest BCUT2D eigenvalue weighted by Crippen LogP contribution is -2.60. The van der Waals surface area contributed by atoms with Crippen molar-refractivity contribution >= 4 is 17.8 Å². The number of nitrogens with zero attached hydrogens (tertiary/aromatic N) is 1. The van der Waals surface area contributed by atoms with Gasteiger partial charge < -0.3 is 26.2 Å². The summed E-state index contributed by atoms with van der Waals surface area (Å²) in [5, 5.41) is 7.12. The number of carbonyl (C=O) groups is 3. The van der Waals surface area contributed by atoms with Gasteiger partial charge in [0, 0.05) is 6.54 Å². The summed E-state index contributed by atoms with van der Waals surface area (Å²) in [6, 6.07) is 7.91. The van der Waals surface area contributed by atoms with Crippen molar-refractivity contribution in [1.82, 2.24) is 4.90 Å². The van der Waals surface area contributed by atoms with Gasteiger partial charge in [-0.1, -0.05) is 24.3 Å². The third kappa shape index (κ3) is 4.98. The van der Waals surface area contributed by atoms with E-state index in [2.05, 4.69) is 0 Å². The van der Waals surface area contributed by atoms with Crippen LogP contribution in [-0.2, 0) is 32.0 Å². The summed E-state index contributed by atoms with van der Waals surface area (Å²) < 4.78 is 37.0. The SMILES string of the molecule is NC(=O)C1CN(C(=O)C2(N)Cc3ccccc3C2)CCO1.O=C(O)C(F)(F)F. The molecule has 5 N–H and O–H groups in total. The fourth-order valence-corrected chi connectivity index (χ4v) is 3.12. The number of fused-ring (bicyclic) bond motifs is 1. The number of ether oxygens (including phenoxy) is 1. The first kappa shape index (κ1) is 21.6. The van der Waals surface area contributed by atoms with E-state index in [0.717, 1.165) is 11.1 Å². The molecule has 1 saturated heterocycles. The number of aliphatic carboxylic acids is 1. The van der Waals surface area contributed by atoms with Crippen LogP contribution in [0.4, 0.5) is 13.2 Å². The van der Waals surface area contributed by atoms with Gasteiger partial charge >= 0.3 is 12.1 Å². The zero-order valence-corrected chi connectivity index (χ0v) is 14.7. The number of hydrogen-bond acceptors (Lipinski definition) is 5. The van der Waals surface area contributed by atoms with Crippen LogP contribution >= 0.6 is 0 Å². The molecule has 28 heavy (non-hydrogen) atoms. The highest BCUT2D eigenvalue weighted by Crippen LogP contribution is 2.30. The minimum Gasteiger partial charge on any atom is -0.475 e. The molecule has 1 heterocycles. The van der Waals surface area contributed by atoms with E-state index >= 15 is 0 Å². The standard InChI is InChI=1S/C15H19N3O3.C2HF3O2/c16-13(19)12-9-18(5-6-21-12)14(20)15(17)7-10-3-1-2-4-11(10)8-15;3-2(4,5)1(6)7/h1-4,12H,5-9,17H2,(H2,16,19);(H,6,7). The fourth-order valence-electron chi connectivity index (χ4n) is 3.12. The predicted molar refractivity (Wildman–Crippen MR) is 90.0 cm³/mol. The number of amides is 2. The fraction of sp³-hybridized carbons (Fsp3) is 0.471. The van der Waals surface area contributed by atoms with Crippen LogP contribution in [0.5, 0.6) is 0 Å². The number of carbonyl (C=O) groups excluding carboxylic acids is 2. The van der Waals surface area contributed by atoms with Gasteiger partial charge in [0.15, 0.2) is 6.10 Å². The summed E-state index contributed by atoms with van der Waals surface area (Å²) in [6.07, 6.45) is -4.77. The first-order valence-corrected chi connectivity index (χ1v) is 8.30. The Bertz CT molecular complexity index is 744. The van der Waals surface area contributed by atoms with Crippen LogP contribution in [0.25, 0.3) is 0 Å². The molecule has 0 spiro atoms. The molecule has 11 heteroatoms. The van der Waals surface area contributed by atoms with Crippen LogP contribution in [0.3, 0.4) is 0 Å². The average Bonchev–Trinajstić information content (AvgIpc) is 2.98. The minimum atomic E-state index is -5.08. The van der Waals surface area contributed by atoms with Gasteiger partial charge in [0.2, 0.25) is 11.8 Å². The van der Waals surface area contributed by atoms with Gasteiger partial charge in [0.05, 0.1) is 13.2 Å². The van der Waals surface area contributed by atoms with Crippen molar-refractivity contribution in [3.63, 3.8) is 0 Å². The van der Waals surface area contributed by atoms with Gasteiger partial charge in [0.1, 0.15) is 5.54 Å². The van der Waals surface area contributed by atoms with E-state index in [-0.39, 0.29) is 12.5 Å². The van der Waals surface area contributed by atoms with Gasteiger partial charge in [-0.25, -0.2) is 4.79 Å². The van der Waals surface area contributed by atoms with Gasteiger partial charge in [0.25, 0.3) is 0 Å². The second-order valence-electron chi connectivity index (χ2n) is 6.59. The number of benzene rings is 1. The van der Waals surface area contributed by atoms with Crippen molar-refractivity contribution < 1.29 is 37.4 Å². The Labute approximate surface area is 158 Å². The van der Waals surface area contributed by atoms with Gasteiger partial charge in [-0.05, 0) is 24.0 Å². The van der Waals surface area contributed by atoms with E-state index in [0.29, 0.717) is 26.0 Å². The van der Waals surface area contributed by atoms with E-state index in [9.17, 15) is 22.8 Å². The maximum atomic E-state index is 12.8. The van der Waals surface area contributed by atoms with Crippen LogP contribution in [-0.4, -0.2) is 65.3 Å². The van der Waals surface area contributed by atoms with Crippen LogP contribution in [0.1, 0.15) is 11.1 Å². The van der Waals surface area contributed by atoms with E-state index in [1.54, 1.807) is 4.90 Å². The highest BCUT2D eigenvalue weighted by atomic mass is 19.4. The zero-order valence-electron chi connectivity index (χ0n) is 14.7. The van der Waals surface area contributed by atoms with Crippen LogP contribution in [0, 0.1) is 0 Å². The Morgan fingerprint density at radius 3 is 2.11 bits per heavy atom. The molecule has 1 aliphatic carbocycles. The smallest absolute Gasteiger partial charge is 0.475 e. The summed E-state index contributed by atoms with van der Waals surface area (Å²) >= 11 is 0. The average molecular weight is 403 g/mol.